The highest BCUT2D eigenvalue weighted by molar-refractivity contribution is 7.99. The van der Waals surface area contributed by atoms with Gasteiger partial charge in [-0.25, -0.2) is 0 Å². The van der Waals surface area contributed by atoms with Crippen molar-refractivity contribution in [2.75, 3.05) is 5.75 Å². The Hall–Kier alpha value is -1.60. The minimum atomic E-state index is -1.19. The molecule has 92 valence electrons. The molecule has 0 radical (unpaired) electrons. The highest BCUT2D eigenvalue weighted by Gasteiger charge is 2.27. The summed E-state index contributed by atoms with van der Waals surface area (Å²) < 4.78 is 0. The molecule has 0 spiro atoms. The van der Waals surface area contributed by atoms with Gasteiger partial charge in [-0.15, -0.1) is 11.8 Å². The Labute approximate surface area is 103 Å². The lowest BCUT2D eigenvalue weighted by Gasteiger charge is -2.19. The smallest absolute Gasteiger partial charge is 0.282 e. The first kappa shape index (κ1) is 13.5. The summed E-state index contributed by atoms with van der Waals surface area (Å²) in [5, 5.41) is 10.7. The molecule has 0 heterocycles. The van der Waals surface area contributed by atoms with Gasteiger partial charge in [-0.1, -0.05) is 12.1 Å². The van der Waals surface area contributed by atoms with Crippen LogP contribution in [0.15, 0.2) is 29.2 Å². The van der Waals surface area contributed by atoms with Crippen molar-refractivity contribution in [2.24, 2.45) is 11.5 Å². The number of thioether (sulfide) groups is 1. The third-order valence-electron chi connectivity index (χ3n) is 2.15. The average molecular weight is 255 g/mol. The maximum Gasteiger partial charge on any atom is 0.282 e. The van der Waals surface area contributed by atoms with Crippen LogP contribution in [0, 0.1) is 10.1 Å². The van der Waals surface area contributed by atoms with Gasteiger partial charge >= 0.3 is 0 Å². The van der Waals surface area contributed by atoms with Crippen molar-refractivity contribution in [3.63, 3.8) is 0 Å². The van der Waals surface area contributed by atoms with E-state index >= 15 is 0 Å². The van der Waals surface area contributed by atoms with Crippen LogP contribution in [-0.2, 0) is 4.79 Å². The van der Waals surface area contributed by atoms with Gasteiger partial charge in [0.2, 0.25) is 5.91 Å². The van der Waals surface area contributed by atoms with E-state index in [1.54, 1.807) is 18.2 Å². The number of nitro groups is 1. The molecule has 0 aliphatic carbocycles. The molecule has 0 saturated carbocycles. The zero-order valence-electron chi connectivity index (χ0n) is 9.25. The van der Waals surface area contributed by atoms with E-state index in [2.05, 4.69) is 0 Å². The van der Waals surface area contributed by atoms with E-state index in [1.165, 1.54) is 13.0 Å². The molecule has 7 heteroatoms. The predicted octanol–water partition coefficient (Wildman–Crippen LogP) is 0.890. The third-order valence-corrected chi connectivity index (χ3v) is 3.55. The second kappa shape index (κ2) is 5.15. The molecule has 1 aromatic rings. The molecule has 17 heavy (non-hydrogen) atoms. The highest BCUT2D eigenvalue weighted by atomic mass is 32.2. The Morgan fingerprint density at radius 2 is 2.12 bits per heavy atom. The lowest BCUT2D eigenvalue weighted by molar-refractivity contribution is -0.387. The number of para-hydroxylation sites is 1. The van der Waals surface area contributed by atoms with Crippen molar-refractivity contribution in [2.45, 2.75) is 17.4 Å². The van der Waals surface area contributed by atoms with Gasteiger partial charge in [-0.3, -0.25) is 14.9 Å². The topological polar surface area (TPSA) is 112 Å². The summed E-state index contributed by atoms with van der Waals surface area (Å²) in [4.78, 5) is 21.8. The number of nitrogens with two attached hydrogens (primary N) is 2. The fourth-order valence-electron chi connectivity index (χ4n) is 1.03. The Morgan fingerprint density at radius 1 is 1.53 bits per heavy atom. The molecule has 0 aliphatic rings. The number of nitro benzene ring substituents is 1. The first-order valence-corrected chi connectivity index (χ1v) is 5.78. The van der Waals surface area contributed by atoms with Crippen LogP contribution in [0.5, 0.6) is 0 Å². The largest absolute Gasteiger partial charge is 0.368 e. The summed E-state index contributed by atoms with van der Waals surface area (Å²) in [6, 6.07) is 6.28. The van der Waals surface area contributed by atoms with E-state index < -0.39 is 16.4 Å². The van der Waals surface area contributed by atoms with Gasteiger partial charge < -0.3 is 11.5 Å². The average Bonchev–Trinajstić information content (AvgIpc) is 2.26. The number of amides is 1. The summed E-state index contributed by atoms with van der Waals surface area (Å²) in [6.45, 7) is 1.50. The highest BCUT2D eigenvalue weighted by Crippen LogP contribution is 2.30. The maximum absolute atomic E-state index is 11.0. The fourth-order valence-corrected chi connectivity index (χ4v) is 2.09. The number of primary amides is 1. The van der Waals surface area contributed by atoms with E-state index in [0.717, 1.165) is 11.8 Å². The lowest BCUT2D eigenvalue weighted by Crippen LogP contribution is -2.51. The van der Waals surface area contributed by atoms with Gasteiger partial charge in [0.15, 0.2) is 0 Å². The van der Waals surface area contributed by atoms with E-state index in [1.807, 2.05) is 0 Å². The van der Waals surface area contributed by atoms with E-state index in [9.17, 15) is 14.9 Å². The van der Waals surface area contributed by atoms with Crippen molar-refractivity contribution < 1.29 is 9.72 Å². The van der Waals surface area contributed by atoms with Crippen LogP contribution in [0.4, 0.5) is 5.69 Å². The standard InChI is InChI=1S/C10H13N3O3S/c1-10(12,9(11)14)6-17-8-5-3-2-4-7(8)13(15)16/h2-5H,6,12H2,1H3,(H2,11,14). The Kier molecular flexibility index (Phi) is 4.08. The minimum absolute atomic E-state index is 0.00206. The monoisotopic (exact) mass is 255 g/mol. The maximum atomic E-state index is 11.0. The zero-order valence-corrected chi connectivity index (χ0v) is 10.1. The lowest BCUT2D eigenvalue weighted by atomic mass is 10.1. The van der Waals surface area contributed by atoms with Crippen molar-refractivity contribution in [3.8, 4) is 0 Å². The van der Waals surface area contributed by atoms with Crippen LogP contribution in [0.1, 0.15) is 6.92 Å². The van der Waals surface area contributed by atoms with Crippen molar-refractivity contribution in [3.05, 3.63) is 34.4 Å². The molecule has 1 unspecified atom stereocenters. The number of nitrogens with zero attached hydrogens (tertiary/aromatic N) is 1. The molecule has 0 saturated heterocycles. The number of hydrogen-bond donors (Lipinski definition) is 2. The van der Waals surface area contributed by atoms with Crippen LogP contribution in [0.25, 0.3) is 0 Å². The summed E-state index contributed by atoms with van der Waals surface area (Å²) in [5.74, 6) is -0.448. The van der Waals surface area contributed by atoms with E-state index in [0.29, 0.717) is 4.90 Å². The molecule has 1 amide bonds. The van der Waals surface area contributed by atoms with Crippen LogP contribution in [-0.4, -0.2) is 22.1 Å². The summed E-state index contributed by atoms with van der Waals surface area (Å²) in [6.07, 6.45) is 0. The summed E-state index contributed by atoms with van der Waals surface area (Å²) in [7, 11) is 0. The summed E-state index contributed by atoms with van der Waals surface area (Å²) in [5.41, 5.74) is 9.60. The van der Waals surface area contributed by atoms with Crippen molar-refractivity contribution in [1.29, 1.82) is 0 Å². The van der Waals surface area contributed by atoms with Crippen LogP contribution in [0.3, 0.4) is 0 Å². The minimum Gasteiger partial charge on any atom is -0.368 e. The number of carbonyl (C=O) groups excluding carboxylic acids is 1. The van der Waals surface area contributed by atoms with Crippen molar-refractivity contribution >= 4 is 23.4 Å². The normalized spacial score (nSPS) is 14.0. The Balaban J connectivity index is 2.83. The molecule has 4 N–H and O–H groups in total. The van der Waals surface area contributed by atoms with Gasteiger partial charge in [0, 0.05) is 11.8 Å². The van der Waals surface area contributed by atoms with Gasteiger partial charge in [-0.2, -0.15) is 0 Å². The SMILES string of the molecule is CC(N)(CSc1ccccc1[N+](=O)[O-])C(N)=O. The predicted molar refractivity (Wildman–Crippen MR) is 65.6 cm³/mol. The molecule has 1 atom stereocenters. The number of carbonyl (C=O) groups is 1. The number of hydrogen-bond acceptors (Lipinski definition) is 5. The Morgan fingerprint density at radius 3 is 2.65 bits per heavy atom. The molecule has 6 nitrogen and oxygen atoms in total. The molecule has 0 bridgehead atoms. The molecular weight excluding hydrogens is 242 g/mol. The molecule has 0 fully saturated rings. The van der Waals surface area contributed by atoms with Crippen molar-refractivity contribution in [1.82, 2.24) is 0 Å². The van der Waals surface area contributed by atoms with Crippen LogP contribution in [0.2, 0.25) is 0 Å². The van der Waals surface area contributed by atoms with Crippen LogP contribution < -0.4 is 11.5 Å². The van der Waals surface area contributed by atoms with Gasteiger partial charge in [-0.05, 0) is 13.0 Å². The second-order valence-corrected chi connectivity index (χ2v) is 4.81. The van der Waals surface area contributed by atoms with E-state index in [-0.39, 0.29) is 11.4 Å². The second-order valence-electron chi connectivity index (χ2n) is 3.80. The number of benzene rings is 1. The molecule has 0 aliphatic heterocycles. The molecule has 1 aromatic carbocycles. The third kappa shape index (κ3) is 3.43. The Bertz CT molecular complexity index is 448. The van der Waals surface area contributed by atoms with Gasteiger partial charge in [0.1, 0.15) is 5.54 Å². The first-order chi connectivity index (χ1) is 7.84. The quantitative estimate of drug-likeness (QED) is 0.461. The van der Waals surface area contributed by atoms with Gasteiger partial charge in [0.25, 0.3) is 5.69 Å². The molecular formula is C10H13N3O3S. The fraction of sp³-hybridized carbons (Fsp3) is 0.300. The summed E-state index contributed by atoms with van der Waals surface area (Å²) >= 11 is 1.14. The molecule has 0 aromatic heterocycles. The van der Waals surface area contributed by atoms with Gasteiger partial charge in [0.05, 0.1) is 9.82 Å². The zero-order chi connectivity index (χ0) is 13.1. The number of rotatable bonds is 5. The molecule has 1 rings (SSSR count). The van der Waals surface area contributed by atoms with Crippen LogP contribution >= 0.6 is 11.8 Å². The van der Waals surface area contributed by atoms with E-state index in [4.69, 9.17) is 11.5 Å². The first-order valence-electron chi connectivity index (χ1n) is 4.79.